The van der Waals surface area contributed by atoms with E-state index in [1.807, 2.05) is 0 Å². The van der Waals surface area contributed by atoms with Crippen molar-refractivity contribution in [3.8, 4) is 0 Å². The van der Waals surface area contributed by atoms with E-state index in [0.29, 0.717) is 18.2 Å². The highest BCUT2D eigenvalue weighted by atomic mass is 19.2. The summed E-state index contributed by atoms with van der Waals surface area (Å²) in [5.41, 5.74) is 1.13. The summed E-state index contributed by atoms with van der Waals surface area (Å²) in [5, 5.41) is 6.23. The summed E-state index contributed by atoms with van der Waals surface area (Å²) >= 11 is 0. The maximum absolute atomic E-state index is 13.7. The molecule has 1 heterocycles. The molecule has 0 aromatic heterocycles. The van der Waals surface area contributed by atoms with Gasteiger partial charge in [-0.25, -0.2) is 8.78 Å². The smallest absolute Gasteiger partial charge is 0.183 e. The lowest BCUT2D eigenvalue weighted by molar-refractivity contribution is 0.310. The number of anilines is 2. The third kappa shape index (κ3) is 2.92. The van der Waals surface area contributed by atoms with Crippen LogP contribution in [-0.4, -0.2) is 13.1 Å². The van der Waals surface area contributed by atoms with E-state index in [0.717, 1.165) is 19.0 Å². The summed E-state index contributed by atoms with van der Waals surface area (Å²) in [5.74, 6) is -1.20. The first-order chi connectivity index (χ1) is 8.37. The topological polar surface area (TPSA) is 24.1 Å². The quantitative estimate of drug-likeness (QED) is 0.795. The molecular formula is C14H20F2N2. The van der Waals surface area contributed by atoms with Crippen molar-refractivity contribution >= 4 is 11.4 Å². The van der Waals surface area contributed by atoms with Crippen LogP contribution in [0.25, 0.3) is 0 Å². The molecule has 1 aromatic rings. The highest BCUT2D eigenvalue weighted by Crippen LogP contribution is 2.32. The predicted molar refractivity (Wildman–Crippen MR) is 70.9 cm³/mol. The zero-order valence-electron chi connectivity index (χ0n) is 11.1. The van der Waals surface area contributed by atoms with Gasteiger partial charge in [0, 0.05) is 13.1 Å². The minimum Gasteiger partial charge on any atom is -0.383 e. The molecular weight excluding hydrogens is 234 g/mol. The molecule has 0 aliphatic carbocycles. The predicted octanol–water partition coefficient (Wildman–Crippen LogP) is 3.85. The second-order valence-electron chi connectivity index (χ2n) is 6.18. The third-order valence-corrected chi connectivity index (χ3v) is 3.14. The lowest BCUT2D eigenvalue weighted by Gasteiger charge is -2.25. The van der Waals surface area contributed by atoms with Crippen LogP contribution in [0.1, 0.15) is 27.2 Å². The van der Waals surface area contributed by atoms with E-state index in [1.165, 1.54) is 0 Å². The molecule has 4 heteroatoms. The van der Waals surface area contributed by atoms with E-state index in [1.54, 1.807) is 6.07 Å². The van der Waals surface area contributed by atoms with Crippen LogP contribution in [0.3, 0.4) is 0 Å². The van der Waals surface area contributed by atoms with Crippen LogP contribution in [-0.2, 0) is 0 Å². The van der Waals surface area contributed by atoms with Gasteiger partial charge in [0.15, 0.2) is 11.6 Å². The molecule has 0 fully saturated rings. The Bertz CT molecular complexity index is 438. The van der Waals surface area contributed by atoms with Crippen molar-refractivity contribution in [2.45, 2.75) is 27.2 Å². The normalized spacial score (nSPS) is 19.5. The molecule has 0 radical (unpaired) electrons. The molecule has 1 aromatic carbocycles. The minimum atomic E-state index is -0.808. The third-order valence-electron chi connectivity index (χ3n) is 3.14. The Kier molecular flexibility index (Phi) is 3.46. The van der Waals surface area contributed by atoms with Gasteiger partial charge in [-0.3, -0.25) is 0 Å². The summed E-state index contributed by atoms with van der Waals surface area (Å²) in [6.07, 6.45) is 1.03. The molecule has 0 saturated carbocycles. The Hall–Kier alpha value is -1.32. The van der Waals surface area contributed by atoms with Crippen molar-refractivity contribution in [1.29, 1.82) is 0 Å². The highest BCUT2D eigenvalue weighted by molar-refractivity contribution is 5.70. The van der Waals surface area contributed by atoms with Gasteiger partial charge in [0.05, 0.1) is 11.4 Å². The Balaban J connectivity index is 2.14. The van der Waals surface area contributed by atoms with Crippen molar-refractivity contribution in [3.63, 3.8) is 0 Å². The van der Waals surface area contributed by atoms with Gasteiger partial charge < -0.3 is 10.6 Å². The Labute approximate surface area is 107 Å². The first kappa shape index (κ1) is 13.1. The van der Waals surface area contributed by atoms with Crippen LogP contribution in [0.15, 0.2) is 12.1 Å². The van der Waals surface area contributed by atoms with Gasteiger partial charge >= 0.3 is 0 Å². The first-order valence-corrected chi connectivity index (χ1v) is 6.32. The van der Waals surface area contributed by atoms with Gasteiger partial charge in [-0.05, 0) is 29.9 Å². The first-order valence-electron chi connectivity index (χ1n) is 6.32. The van der Waals surface area contributed by atoms with Crippen molar-refractivity contribution in [1.82, 2.24) is 0 Å². The Morgan fingerprint density at radius 2 is 1.83 bits per heavy atom. The fourth-order valence-corrected chi connectivity index (χ4v) is 2.45. The van der Waals surface area contributed by atoms with Crippen molar-refractivity contribution in [2.24, 2.45) is 11.3 Å². The largest absolute Gasteiger partial charge is 0.383 e. The summed E-state index contributed by atoms with van der Waals surface area (Å²) < 4.78 is 26.8. The molecule has 1 atom stereocenters. The average Bonchev–Trinajstić information content (AvgIpc) is 2.45. The van der Waals surface area contributed by atoms with E-state index in [-0.39, 0.29) is 11.1 Å². The molecule has 2 rings (SSSR count). The summed E-state index contributed by atoms with van der Waals surface area (Å²) in [6, 6.07) is 2.74. The lowest BCUT2D eigenvalue weighted by Crippen LogP contribution is -2.24. The van der Waals surface area contributed by atoms with Crippen LogP contribution in [0.5, 0.6) is 0 Å². The minimum absolute atomic E-state index is 0.231. The molecule has 0 amide bonds. The number of fused-ring (bicyclic) bond motifs is 1. The second kappa shape index (κ2) is 4.75. The number of benzene rings is 1. The van der Waals surface area contributed by atoms with Gasteiger partial charge in [-0.15, -0.1) is 0 Å². The number of hydrogen-bond acceptors (Lipinski definition) is 2. The number of halogens is 2. The maximum Gasteiger partial charge on any atom is 0.183 e. The van der Waals surface area contributed by atoms with E-state index in [9.17, 15) is 8.78 Å². The summed E-state index contributed by atoms with van der Waals surface area (Å²) in [7, 11) is 0. The average molecular weight is 254 g/mol. The number of hydrogen-bond donors (Lipinski definition) is 2. The molecule has 0 bridgehead atoms. The molecule has 18 heavy (non-hydrogen) atoms. The van der Waals surface area contributed by atoms with Gasteiger partial charge in [0.2, 0.25) is 0 Å². The van der Waals surface area contributed by atoms with Crippen LogP contribution < -0.4 is 10.6 Å². The fraction of sp³-hybridized carbons (Fsp3) is 0.571. The van der Waals surface area contributed by atoms with E-state index >= 15 is 0 Å². The van der Waals surface area contributed by atoms with Crippen LogP contribution >= 0.6 is 0 Å². The van der Waals surface area contributed by atoms with E-state index in [2.05, 4.69) is 31.4 Å². The molecule has 1 unspecified atom stereocenters. The standard InChI is InChI=1S/C14H20F2N2/c1-14(2,3)6-9-7-17-11-5-4-10(15)12(16)13(11)18-8-9/h4-5,9,17-18H,6-8H2,1-3H3. The van der Waals surface area contributed by atoms with Gasteiger partial charge in [0.25, 0.3) is 0 Å². The van der Waals surface area contributed by atoms with Crippen molar-refractivity contribution < 1.29 is 8.78 Å². The lowest BCUT2D eigenvalue weighted by atomic mass is 9.84. The zero-order chi connectivity index (χ0) is 13.3. The number of rotatable bonds is 1. The molecule has 100 valence electrons. The van der Waals surface area contributed by atoms with E-state index in [4.69, 9.17) is 0 Å². The summed E-state index contributed by atoms with van der Waals surface area (Å²) in [6.45, 7) is 8.00. The molecule has 1 aliphatic rings. The monoisotopic (exact) mass is 254 g/mol. The molecule has 2 N–H and O–H groups in total. The van der Waals surface area contributed by atoms with E-state index < -0.39 is 11.6 Å². The van der Waals surface area contributed by atoms with Crippen LogP contribution in [0, 0.1) is 23.0 Å². The zero-order valence-corrected chi connectivity index (χ0v) is 11.1. The molecule has 0 saturated heterocycles. The van der Waals surface area contributed by atoms with Gasteiger partial charge in [0.1, 0.15) is 0 Å². The second-order valence-corrected chi connectivity index (χ2v) is 6.18. The molecule has 1 aliphatic heterocycles. The van der Waals surface area contributed by atoms with Gasteiger partial charge in [-0.1, -0.05) is 20.8 Å². The molecule has 2 nitrogen and oxygen atoms in total. The fourth-order valence-electron chi connectivity index (χ4n) is 2.45. The SMILES string of the molecule is CC(C)(C)CC1CNc2ccc(F)c(F)c2NC1. The Morgan fingerprint density at radius 1 is 1.17 bits per heavy atom. The van der Waals surface area contributed by atoms with Crippen LogP contribution in [0.4, 0.5) is 20.2 Å². The maximum atomic E-state index is 13.7. The Morgan fingerprint density at radius 3 is 2.50 bits per heavy atom. The van der Waals surface area contributed by atoms with Crippen molar-refractivity contribution in [3.05, 3.63) is 23.8 Å². The highest BCUT2D eigenvalue weighted by Gasteiger charge is 2.23. The van der Waals surface area contributed by atoms with Crippen LogP contribution in [0.2, 0.25) is 0 Å². The van der Waals surface area contributed by atoms with Gasteiger partial charge in [-0.2, -0.15) is 0 Å². The number of nitrogens with one attached hydrogen (secondary N) is 2. The summed E-state index contributed by atoms with van der Waals surface area (Å²) in [4.78, 5) is 0. The molecule has 0 spiro atoms. The van der Waals surface area contributed by atoms with Crippen molar-refractivity contribution in [2.75, 3.05) is 23.7 Å².